The minimum Gasteiger partial charge on any atom is -0.497 e. The molecule has 0 saturated carbocycles. The number of methoxy groups -OCH3 is 2. The molecule has 2 aromatic carbocycles. The van der Waals surface area contributed by atoms with Gasteiger partial charge in [-0.2, -0.15) is 0 Å². The maximum absolute atomic E-state index is 12.8. The Hall–Kier alpha value is -2.74. The van der Waals surface area contributed by atoms with Crippen LogP contribution in [0.25, 0.3) is 0 Å². The molecule has 0 bridgehead atoms. The zero-order chi connectivity index (χ0) is 18.9. The fourth-order valence-electron chi connectivity index (χ4n) is 2.90. The Morgan fingerprint density at radius 2 is 1.81 bits per heavy atom. The monoisotopic (exact) mass is 376 g/mol. The lowest BCUT2D eigenvalue weighted by Crippen LogP contribution is -2.31. The van der Waals surface area contributed by atoms with Crippen LogP contribution in [-0.4, -0.2) is 35.6 Å². The molecule has 0 aliphatic carbocycles. The molecule has 1 aliphatic heterocycles. The number of aryl methyl sites for hydroxylation is 1. The van der Waals surface area contributed by atoms with Crippen molar-refractivity contribution in [1.29, 1.82) is 0 Å². The molecule has 1 amide bonds. The molecule has 26 heavy (non-hydrogen) atoms. The van der Waals surface area contributed by atoms with Gasteiger partial charge in [0.1, 0.15) is 11.5 Å². The molecule has 2 aromatic rings. The minimum absolute atomic E-state index is 0.0207. The van der Waals surface area contributed by atoms with Gasteiger partial charge in [-0.25, -0.2) is 8.42 Å². The van der Waals surface area contributed by atoms with Gasteiger partial charge in [0.05, 0.1) is 24.8 Å². The Kier molecular flexibility index (Phi) is 4.78. The van der Waals surface area contributed by atoms with Crippen LogP contribution < -0.4 is 19.1 Å². The quantitative estimate of drug-likeness (QED) is 0.866. The van der Waals surface area contributed by atoms with Crippen molar-refractivity contribution in [2.24, 2.45) is 0 Å². The number of fused-ring (bicyclic) bond motifs is 1. The van der Waals surface area contributed by atoms with E-state index in [1.165, 1.54) is 20.3 Å². The molecular weight excluding hydrogens is 356 g/mol. The van der Waals surface area contributed by atoms with Gasteiger partial charge < -0.3 is 14.4 Å². The number of hydrogen-bond donors (Lipinski definition) is 1. The Bertz CT molecular complexity index is 956. The summed E-state index contributed by atoms with van der Waals surface area (Å²) in [5.74, 6) is 0.916. The van der Waals surface area contributed by atoms with Crippen LogP contribution in [0.2, 0.25) is 0 Å². The Morgan fingerprint density at radius 1 is 1.04 bits per heavy atom. The van der Waals surface area contributed by atoms with Crippen molar-refractivity contribution in [3.63, 3.8) is 0 Å². The SMILES string of the molecule is COc1ccc(OC)c(NS(=O)(=O)c2ccc3c(c2)CCC(=O)N3C)c1. The van der Waals surface area contributed by atoms with Gasteiger partial charge in [0, 0.05) is 25.2 Å². The highest BCUT2D eigenvalue weighted by Crippen LogP contribution is 2.33. The smallest absolute Gasteiger partial charge is 0.262 e. The fourth-order valence-corrected chi connectivity index (χ4v) is 4.01. The lowest BCUT2D eigenvalue weighted by atomic mass is 10.0. The third-order valence-electron chi connectivity index (χ3n) is 4.36. The molecule has 0 unspecified atom stereocenters. The number of carbonyl (C=O) groups excluding carboxylic acids is 1. The van der Waals surface area contributed by atoms with Crippen LogP contribution in [0, 0.1) is 0 Å². The molecule has 0 saturated heterocycles. The van der Waals surface area contributed by atoms with Crippen LogP contribution >= 0.6 is 0 Å². The van der Waals surface area contributed by atoms with Crippen molar-refractivity contribution >= 4 is 27.3 Å². The standard InChI is InChI=1S/C18H20N2O5S/c1-20-16-7-6-14(10-12(16)4-9-18(20)21)26(22,23)19-15-11-13(24-2)5-8-17(15)25-3/h5-8,10-11,19H,4,9H2,1-3H3. The van der Waals surface area contributed by atoms with Crippen LogP contribution in [0.4, 0.5) is 11.4 Å². The predicted octanol–water partition coefficient (Wildman–Crippen LogP) is 2.41. The maximum Gasteiger partial charge on any atom is 0.262 e. The number of sulfonamides is 1. The van der Waals surface area contributed by atoms with Crippen LogP contribution in [0.15, 0.2) is 41.3 Å². The van der Waals surface area contributed by atoms with E-state index in [-0.39, 0.29) is 16.5 Å². The highest BCUT2D eigenvalue weighted by atomic mass is 32.2. The van der Waals surface area contributed by atoms with Crippen LogP contribution in [0.1, 0.15) is 12.0 Å². The number of anilines is 2. The highest BCUT2D eigenvalue weighted by molar-refractivity contribution is 7.92. The predicted molar refractivity (Wildman–Crippen MR) is 98.5 cm³/mol. The summed E-state index contributed by atoms with van der Waals surface area (Å²) in [5, 5.41) is 0. The average Bonchev–Trinajstić information content (AvgIpc) is 2.64. The molecule has 0 fully saturated rings. The normalized spacial score (nSPS) is 14.0. The number of ether oxygens (including phenoxy) is 2. The first-order chi connectivity index (χ1) is 12.4. The van der Waals surface area contributed by atoms with Crippen LogP contribution in [-0.2, 0) is 21.2 Å². The molecule has 1 heterocycles. The maximum atomic E-state index is 12.8. The third kappa shape index (κ3) is 3.32. The molecule has 0 aromatic heterocycles. The van der Waals surface area contributed by atoms with E-state index in [9.17, 15) is 13.2 Å². The van der Waals surface area contributed by atoms with Crippen LogP contribution in [0.3, 0.4) is 0 Å². The molecule has 0 atom stereocenters. The van der Waals surface area contributed by atoms with Gasteiger partial charge in [0.2, 0.25) is 5.91 Å². The summed E-state index contributed by atoms with van der Waals surface area (Å²) in [7, 11) is 0.829. The van der Waals surface area contributed by atoms with E-state index in [4.69, 9.17) is 9.47 Å². The summed E-state index contributed by atoms with van der Waals surface area (Å²) in [5.41, 5.74) is 1.85. The van der Waals surface area contributed by atoms with Gasteiger partial charge in [0.15, 0.2) is 0 Å². The van der Waals surface area contributed by atoms with E-state index < -0.39 is 10.0 Å². The first-order valence-corrected chi connectivity index (χ1v) is 9.48. The summed E-state index contributed by atoms with van der Waals surface area (Å²) in [6.45, 7) is 0. The first-order valence-electron chi connectivity index (χ1n) is 8.00. The number of carbonyl (C=O) groups is 1. The van der Waals surface area contributed by atoms with E-state index in [2.05, 4.69) is 4.72 Å². The summed E-state index contributed by atoms with van der Waals surface area (Å²) in [6.07, 6.45) is 0.883. The van der Waals surface area contributed by atoms with Gasteiger partial charge in [-0.15, -0.1) is 0 Å². The average molecular weight is 376 g/mol. The number of benzene rings is 2. The van der Waals surface area contributed by atoms with E-state index in [1.54, 1.807) is 42.3 Å². The van der Waals surface area contributed by atoms with E-state index >= 15 is 0 Å². The molecular formula is C18H20N2O5S. The lowest BCUT2D eigenvalue weighted by Gasteiger charge is -2.26. The molecule has 1 N–H and O–H groups in total. The van der Waals surface area contributed by atoms with E-state index in [1.807, 2.05) is 0 Å². The van der Waals surface area contributed by atoms with E-state index in [0.29, 0.717) is 24.3 Å². The molecule has 0 radical (unpaired) electrons. The van der Waals surface area contributed by atoms with Gasteiger partial charge in [-0.05, 0) is 42.3 Å². The molecule has 138 valence electrons. The van der Waals surface area contributed by atoms with Crippen molar-refractivity contribution in [3.8, 4) is 11.5 Å². The first kappa shape index (κ1) is 18.1. The van der Waals surface area contributed by atoms with Crippen molar-refractivity contribution < 1.29 is 22.7 Å². The molecule has 0 spiro atoms. The summed E-state index contributed by atoms with van der Waals surface area (Å²) < 4.78 is 38.5. The minimum atomic E-state index is -3.82. The molecule has 3 rings (SSSR count). The highest BCUT2D eigenvalue weighted by Gasteiger charge is 2.24. The van der Waals surface area contributed by atoms with Gasteiger partial charge in [-0.3, -0.25) is 9.52 Å². The zero-order valence-electron chi connectivity index (χ0n) is 14.8. The van der Waals surface area contributed by atoms with Crippen molar-refractivity contribution in [2.75, 3.05) is 30.9 Å². The largest absolute Gasteiger partial charge is 0.497 e. The van der Waals surface area contributed by atoms with Crippen LogP contribution in [0.5, 0.6) is 11.5 Å². The van der Waals surface area contributed by atoms with Crippen molar-refractivity contribution in [3.05, 3.63) is 42.0 Å². The van der Waals surface area contributed by atoms with Crippen molar-refractivity contribution in [2.45, 2.75) is 17.7 Å². The summed E-state index contributed by atoms with van der Waals surface area (Å²) in [4.78, 5) is 13.5. The third-order valence-corrected chi connectivity index (χ3v) is 5.72. The Balaban J connectivity index is 1.96. The second-order valence-corrected chi connectivity index (χ2v) is 7.60. The van der Waals surface area contributed by atoms with Crippen molar-refractivity contribution in [1.82, 2.24) is 0 Å². The summed E-state index contributed by atoms with van der Waals surface area (Å²) >= 11 is 0. The Morgan fingerprint density at radius 3 is 2.50 bits per heavy atom. The summed E-state index contributed by atoms with van der Waals surface area (Å²) in [6, 6.07) is 9.62. The Labute approximate surface area is 152 Å². The molecule has 7 nitrogen and oxygen atoms in total. The van der Waals surface area contributed by atoms with Gasteiger partial charge in [0.25, 0.3) is 10.0 Å². The number of nitrogens with zero attached hydrogens (tertiary/aromatic N) is 1. The number of amides is 1. The fraction of sp³-hybridized carbons (Fsp3) is 0.278. The second kappa shape index (κ2) is 6.87. The molecule has 8 heteroatoms. The lowest BCUT2D eigenvalue weighted by molar-refractivity contribution is -0.118. The number of rotatable bonds is 5. The number of nitrogens with one attached hydrogen (secondary N) is 1. The molecule has 1 aliphatic rings. The van der Waals surface area contributed by atoms with Gasteiger partial charge in [-0.1, -0.05) is 0 Å². The van der Waals surface area contributed by atoms with E-state index in [0.717, 1.165) is 11.3 Å². The zero-order valence-corrected chi connectivity index (χ0v) is 15.6. The second-order valence-electron chi connectivity index (χ2n) is 5.91. The number of hydrogen-bond acceptors (Lipinski definition) is 5. The topological polar surface area (TPSA) is 84.9 Å². The van der Waals surface area contributed by atoms with Gasteiger partial charge >= 0.3 is 0 Å².